The van der Waals surface area contributed by atoms with Crippen molar-refractivity contribution < 1.29 is 9.53 Å². The Balaban J connectivity index is 1.21. The summed E-state index contributed by atoms with van der Waals surface area (Å²) in [6, 6.07) is 11.4. The van der Waals surface area contributed by atoms with Gasteiger partial charge in [-0.05, 0) is 93.1 Å². The van der Waals surface area contributed by atoms with Crippen LogP contribution < -0.4 is 10.1 Å². The van der Waals surface area contributed by atoms with Crippen LogP contribution >= 0.6 is 23.2 Å². The predicted octanol–water partition coefficient (Wildman–Crippen LogP) is 6.22. The molecule has 4 rings (SSSR count). The van der Waals surface area contributed by atoms with Gasteiger partial charge in [0.1, 0.15) is 5.75 Å². The highest BCUT2D eigenvalue weighted by atomic mass is 35.5. The Hall–Kier alpha value is -1.95. The molecule has 2 fully saturated rings. The summed E-state index contributed by atoms with van der Waals surface area (Å²) in [4.78, 5) is 16.7. The fraction of sp³-hybridized carbons (Fsp3) is 0.480. The summed E-state index contributed by atoms with van der Waals surface area (Å²) in [5, 5.41) is 4.40. The largest absolute Gasteiger partial charge is 0.490 e. The SMILES string of the molecule is Cc1cc(Cl)ccc1NC(=O)N(C)CC1CC(Oc2ccc(CN3CCCC3)c(Cl)c2)C1. The Bertz CT molecular complexity index is 956. The van der Waals surface area contributed by atoms with E-state index in [-0.39, 0.29) is 12.1 Å². The number of carbonyl (C=O) groups excluding carboxylic acids is 1. The second kappa shape index (κ2) is 10.3. The molecule has 1 saturated heterocycles. The third-order valence-electron chi connectivity index (χ3n) is 6.42. The van der Waals surface area contributed by atoms with Crippen molar-refractivity contribution in [3.8, 4) is 5.75 Å². The van der Waals surface area contributed by atoms with E-state index in [0.29, 0.717) is 17.5 Å². The molecule has 2 aromatic rings. The highest BCUT2D eigenvalue weighted by Gasteiger charge is 2.32. The highest BCUT2D eigenvalue weighted by molar-refractivity contribution is 6.31. The number of nitrogens with one attached hydrogen (secondary N) is 1. The number of urea groups is 1. The first-order valence-electron chi connectivity index (χ1n) is 11.3. The smallest absolute Gasteiger partial charge is 0.321 e. The number of hydrogen-bond acceptors (Lipinski definition) is 3. The maximum absolute atomic E-state index is 12.5. The van der Waals surface area contributed by atoms with Crippen molar-refractivity contribution in [2.24, 2.45) is 5.92 Å². The molecule has 32 heavy (non-hydrogen) atoms. The minimum absolute atomic E-state index is 0.111. The molecule has 0 radical (unpaired) electrons. The zero-order valence-electron chi connectivity index (χ0n) is 18.7. The second-order valence-electron chi connectivity index (χ2n) is 9.08. The highest BCUT2D eigenvalue weighted by Crippen LogP contribution is 2.34. The van der Waals surface area contributed by atoms with Crippen LogP contribution in [0.3, 0.4) is 0 Å². The van der Waals surface area contributed by atoms with Gasteiger partial charge in [0.25, 0.3) is 0 Å². The molecule has 0 unspecified atom stereocenters. The van der Waals surface area contributed by atoms with Crippen LogP contribution in [0.4, 0.5) is 10.5 Å². The number of likely N-dealkylation sites (tertiary alicyclic amines) is 1. The quantitative estimate of drug-likeness (QED) is 0.516. The van der Waals surface area contributed by atoms with Crippen LogP contribution in [0.15, 0.2) is 36.4 Å². The van der Waals surface area contributed by atoms with Gasteiger partial charge in [-0.1, -0.05) is 29.3 Å². The minimum Gasteiger partial charge on any atom is -0.490 e. The molecule has 0 atom stereocenters. The number of rotatable bonds is 7. The van der Waals surface area contributed by atoms with Crippen LogP contribution in [0.5, 0.6) is 5.75 Å². The number of anilines is 1. The summed E-state index contributed by atoms with van der Waals surface area (Å²) in [5.74, 6) is 1.26. The molecule has 0 bridgehead atoms. The van der Waals surface area contributed by atoms with Crippen molar-refractivity contribution in [2.75, 3.05) is 32.0 Å². The molecule has 2 amide bonds. The van der Waals surface area contributed by atoms with E-state index in [0.717, 1.165) is 60.1 Å². The Morgan fingerprint density at radius 3 is 2.59 bits per heavy atom. The summed E-state index contributed by atoms with van der Waals surface area (Å²) in [5.41, 5.74) is 2.89. The molecule has 5 nitrogen and oxygen atoms in total. The second-order valence-corrected chi connectivity index (χ2v) is 9.93. The first-order chi connectivity index (χ1) is 15.4. The first kappa shape index (κ1) is 23.2. The van der Waals surface area contributed by atoms with Crippen molar-refractivity contribution in [3.05, 3.63) is 57.6 Å². The van der Waals surface area contributed by atoms with Crippen molar-refractivity contribution in [3.63, 3.8) is 0 Å². The number of carbonyl (C=O) groups is 1. The lowest BCUT2D eigenvalue weighted by Crippen LogP contribution is -2.43. The van der Waals surface area contributed by atoms with Gasteiger partial charge < -0.3 is 15.0 Å². The van der Waals surface area contributed by atoms with E-state index in [2.05, 4.69) is 16.3 Å². The van der Waals surface area contributed by atoms with Gasteiger partial charge in [0.15, 0.2) is 0 Å². The van der Waals surface area contributed by atoms with Gasteiger partial charge in [-0.2, -0.15) is 0 Å². The fourth-order valence-corrected chi connectivity index (χ4v) is 4.93. The summed E-state index contributed by atoms with van der Waals surface area (Å²) >= 11 is 12.5. The zero-order valence-corrected chi connectivity index (χ0v) is 20.3. The third-order valence-corrected chi connectivity index (χ3v) is 7.01. The van der Waals surface area contributed by atoms with Crippen LogP contribution in [0.2, 0.25) is 10.0 Å². The van der Waals surface area contributed by atoms with E-state index < -0.39 is 0 Å². The maximum atomic E-state index is 12.5. The number of amides is 2. The summed E-state index contributed by atoms with van der Waals surface area (Å²) in [7, 11) is 1.83. The van der Waals surface area contributed by atoms with E-state index in [1.165, 1.54) is 12.8 Å². The van der Waals surface area contributed by atoms with Crippen molar-refractivity contribution in [1.82, 2.24) is 9.80 Å². The number of benzene rings is 2. The molecule has 2 aliphatic rings. The number of ether oxygens (including phenoxy) is 1. The van der Waals surface area contributed by atoms with Gasteiger partial charge in [0.2, 0.25) is 0 Å². The van der Waals surface area contributed by atoms with Gasteiger partial charge in [-0.25, -0.2) is 4.79 Å². The lowest BCUT2D eigenvalue weighted by atomic mass is 9.82. The van der Waals surface area contributed by atoms with Gasteiger partial charge >= 0.3 is 6.03 Å². The van der Waals surface area contributed by atoms with E-state index in [4.69, 9.17) is 27.9 Å². The van der Waals surface area contributed by atoms with E-state index >= 15 is 0 Å². The molecule has 172 valence electrons. The van der Waals surface area contributed by atoms with E-state index in [1.54, 1.807) is 11.0 Å². The third kappa shape index (κ3) is 5.89. The van der Waals surface area contributed by atoms with E-state index in [9.17, 15) is 4.79 Å². The molecular formula is C25H31Cl2N3O2. The Morgan fingerprint density at radius 1 is 1.16 bits per heavy atom. The normalized spacial score (nSPS) is 20.6. The van der Waals surface area contributed by atoms with Crippen molar-refractivity contribution in [1.29, 1.82) is 0 Å². The zero-order chi connectivity index (χ0) is 22.7. The fourth-order valence-electron chi connectivity index (χ4n) is 4.47. The molecule has 0 spiro atoms. The Labute approximate surface area is 200 Å². The van der Waals surface area contributed by atoms with Crippen LogP contribution in [-0.4, -0.2) is 48.6 Å². The standard InChI is InChI=1S/C25H31Cl2N3O2/c1-17-11-20(26)6-8-24(17)28-25(31)29(2)15-18-12-22(13-18)32-21-7-5-19(23(27)14-21)16-30-9-3-4-10-30/h5-8,11,14,18,22H,3-4,9-10,12-13,15-16H2,1-2H3,(H,28,31). The monoisotopic (exact) mass is 475 g/mol. The molecule has 1 N–H and O–H groups in total. The topological polar surface area (TPSA) is 44.8 Å². The van der Waals surface area contributed by atoms with Gasteiger partial charge in [-0.15, -0.1) is 0 Å². The molecule has 7 heteroatoms. The van der Waals surface area contributed by atoms with Gasteiger partial charge in [-0.3, -0.25) is 4.90 Å². The van der Waals surface area contributed by atoms with Crippen molar-refractivity contribution >= 4 is 34.9 Å². The Morgan fingerprint density at radius 2 is 1.91 bits per heavy atom. The van der Waals surface area contributed by atoms with Crippen LogP contribution in [0, 0.1) is 12.8 Å². The molecular weight excluding hydrogens is 445 g/mol. The average Bonchev–Trinajstić information content (AvgIpc) is 3.23. The lowest BCUT2D eigenvalue weighted by molar-refractivity contribution is 0.0532. The maximum Gasteiger partial charge on any atom is 0.321 e. The summed E-state index contributed by atoms with van der Waals surface area (Å²) in [6.07, 6.45) is 4.60. The minimum atomic E-state index is -0.111. The first-order valence-corrected chi connectivity index (χ1v) is 12.1. The number of aryl methyl sites for hydroxylation is 1. The Kier molecular flexibility index (Phi) is 7.49. The predicted molar refractivity (Wildman–Crippen MR) is 131 cm³/mol. The molecule has 2 aromatic carbocycles. The summed E-state index contributed by atoms with van der Waals surface area (Å²) in [6.45, 7) is 5.86. The van der Waals surface area contributed by atoms with Gasteiger partial charge in [0, 0.05) is 35.9 Å². The van der Waals surface area contributed by atoms with Crippen LogP contribution in [-0.2, 0) is 6.54 Å². The number of hydrogen-bond donors (Lipinski definition) is 1. The van der Waals surface area contributed by atoms with Crippen molar-refractivity contribution in [2.45, 2.75) is 45.3 Å². The van der Waals surface area contributed by atoms with E-state index in [1.807, 2.05) is 38.2 Å². The van der Waals surface area contributed by atoms with Gasteiger partial charge in [0.05, 0.1) is 6.10 Å². The average molecular weight is 476 g/mol. The lowest BCUT2D eigenvalue weighted by Gasteiger charge is -2.37. The van der Waals surface area contributed by atoms with Crippen LogP contribution in [0.1, 0.15) is 36.8 Å². The molecule has 1 saturated carbocycles. The molecule has 1 aliphatic carbocycles. The van der Waals surface area contributed by atoms with Crippen LogP contribution in [0.25, 0.3) is 0 Å². The summed E-state index contributed by atoms with van der Waals surface area (Å²) < 4.78 is 6.12. The molecule has 0 aromatic heterocycles. The molecule has 1 aliphatic heterocycles. The number of halogens is 2. The molecule has 1 heterocycles. The number of nitrogens with zero attached hydrogens (tertiary/aromatic N) is 2.